The van der Waals surface area contributed by atoms with Crippen molar-refractivity contribution in [2.75, 3.05) is 10.6 Å². The van der Waals surface area contributed by atoms with E-state index in [0.717, 1.165) is 17.0 Å². The van der Waals surface area contributed by atoms with Gasteiger partial charge in [0.25, 0.3) is 0 Å². The van der Waals surface area contributed by atoms with Crippen molar-refractivity contribution in [3.05, 3.63) is 77.6 Å². The maximum atomic E-state index is 13.4. The average Bonchev–Trinajstić information content (AvgIpc) is 3.17. The van der Waals surface area contributed by atoms with Gasteiger partial charge in [-0.05, 0) is 30.5 Å². The van der Waals surface area contributed by atoms with E-state index in [2.05, 4.69) is 4.98 Å². The third-order valence-corrected chi connectivity index (χ3v) is 5.72. The van der Waals surface area contributed by atoms with Gasteiger partial charge in [-0.25, -0.2) is 9.88 Å². The summed E-state index contributed by atoms with van der Waals surface area (Å²) in [6.45, 7) is 0.533. The first-order valence-corrected chi connectivity index (χ1v) is 9.46. The van der Waals surface area contributed by atoms with Crippen LogP contribution in [0.25, 0.3) is 0 Å². The van der Waals surface area contributed by atoms with Gasteiger partial charge in [-0.2, -0.15) is 0 Å². The first kappa shape index (κ1) is 16.7. The van der Waals surface area contributed by atoms with Crippen LogP contribution in [0.15, 0.2) is 60.7 Å². The number of imidazole rings is 1. The number of nitrogens with zero attached hydrogens (tertiary/aromatic N) is 3. The van der Waals surface area contributed by atoms with E-state index in [-0.39, 0.29) is 17.7 Å². The van der Waals surface area contributed by atoms with E-state index in [9.17, 15) is 9.59 Å². The molecule has 2 aliphatic rings. The molecule has 5 rings (SSSR count). The molecule has 0 spiro atoms. The van der Waals surface area contributed by atoms with E-state index in [1.807, 2.05) is 53.1 Å². The number of rotatable bonds is 3. The van der Waals surface area contributed by atoms with Crippen LogP contribution in [0.1, 0.15) is 29.3 Å². The fourth-order valence-corrected chi connectivity index (χ4v) is 4.45. The quantitative estimate of drug-likeness (QED) is 0.717. The van der Waals surface area contributed by atoms with Crippen LogP contribution in [-0.4, -0.2) is 21.4 Å². The van der Waals surface area contributed by atoms with Crippen molar-refractivity contribution in [2.24, 2.45) is 5.92 Å². The molecule has 6 nitrogen and oxygen atoms in total. The molecule has 1 aliphatic carbocycles. The number of aromatic nitrogens is 2. The van der Waals surface area contributed by atoms with Crippen molar-refractivity contribution in [3.63, 3.8) is 0 Å². The zero-order valence-corrected chi connectivity index (χ0v) is 15.3. The summed E-state index contributed by atoms with van der Waals surface area (Å²) in [6, 6.07) is 19.1. The number of nitrogen functional groups attached to an aromatic ring is 1. The molecule has 3 aromatic rings. The Morgan fingerprint density at radius 2 is 1.64 bits per heavy atom. The van der Waals surface area contributed by atoms with E-state index in [0.29, 0.717) is 31.0 Å². The molecule has 0 radical (unpaired) electrons. The minimum atomic E-state index is -0.523. The molecule has 28 heavy (non-hydrogen) atoms. The molecule has 1 fully saturated rings. The molecule has 2 N–H and O–H groups in total. The summed E-state index contributed by atoms with van der Waals surface area (Å²) in [5.74, 6) is -0.794. The molecule has 2 heterocycles. The van der Waals surface area contributed by atoms with Crippen molar-refractivity contribution >= 4 is 23.5 Å². The van der Waals surface area contributed by atoms with Gasteiger partial charge < -0.3 is 10.3 Å². The van der Waals surface area contributed by atoms with Crippen molar-refractivity contribution < 1.29 is 9.59 Å². The van der Waals surface area contributed by atoms with E-state index in [4.69, 9.17) is 5.73 Å². The lowest BCUT2D eigenvalue weighted by Gasteiger charge is -2.23. The Bertz CT molecular complexity index is 1060. The number of carbonyl (C=O) groups is 2. The second kappa shape index (κ2) is 6.34. The molecule has 140 valence electrons. The summed E-state index contributed by atoms with van der Waals surface area (Å²) in [4.78, 5) is 32.3. The second-order valence-electron chi connectivity index (χ2n) is 7.34. The number of carbonyl (C=O) groups excluding carboxylic acids is 2. The van der Waals surface area contributed by atoms with Gasteiger partial charge in [0.1, 0.15) is 0 Å². The number of hydrogen-bond donors (Lipinski definition) is 1. The van der Waals surface area contributed by atoms with E-state index in [1.165, 1.54) is 4.90 Å². The molecule has 1 aliphatic heterocycles. The number of imide groups is 1. The van der Waals surface area contributed by atoms with Crippen molar-refractivity contribution in [1.29, 1.82) is 0 Å². The Morgan fingerprint density at radius 3 is 2.36 bits per heavy atom. The number of hydrogen-bond acceptors (Lipinski definition) is 4. The lowest BCUT2D eigenvalue weighted by molar-refractivity contribution is -0.122. The predicted molar refractivity (Wildman–Crippen MR) is 106 cm³/mol. The molecular formula is C22H20N4O2. The summed E-state index contributed by atoms with van der Waals surface area (Å²) in [6.07, 6.45) is 1.28. The van der Waals surface area contributed by atoms with Crippen LogP contribution in [0, 0.1) is 5.92 Å². The minimum Gasteiger partial charge on any atom is -0.369 e. The summed E-state index contributed by atoms with van der Waals surface area (Å²) >= 11 is 0. The van der Waals surface area contributed by atoms with Crippen LogP contribution in [0.3, 0.4) is 0 Å². The highest BCUT2D eigenvalue weighted by Gasteiger charge is 2.52. The van der Waals surface area contributed by atoms with E-state index < -0.39 is 5.92 Å². The fraction of sp³-hybridized carbons (Fsp3) is 0.227. The van der Waals surface area contributed by atoms with Gasteiger partial charge in [-0.15, -0.1) is 0 Å². The molecule has 2 aromatic carbocycles. The van der Waals surface area contributed by atoms with Gasteiger partial charge in [0.2, 0.25) is 17.8 Å². The van der Waals surface area contributed by atoms with Crippen molar-refractivity contribution in [1.82, 2.24) is 9.55 Å². The standard InChI is InChI=1S/C22H20N4O2/c23-22-24-17-12-11-16-18(19(17)25(22)13-14-7-3-1-4-8-14)21(28)26(20(16)27)15-9-5-2-6-10-15/h1-10,16,18H,11-13H2,(H2,23,24)/t16-,18-/m1/s1. The number of aryl methyl sites for hydroxylation is 1. The van der Waals surface area contributed by atoms with Crippen LogP contribution in [0.4, 0.5) is 11.6 Å². The number of anilines is 2. The van der Waals surface area contributed by atoms with Crippen molar-refractivity contribution in [3.8, 4) is 0 Å². The lowest BCUT2D eigenvalue weighted by atomic mass is 9.81. The zero-order valence-electron chi connectivity index (χ0n) is 15.3. The van der Waals surface area contributed by atoms with Gasteiger partial charge in [0.15, 0.2) is 0 Å². The molecule has 0 unspecified atom stereocenters. The van der Waals surface area contributed by atoms with E-state index in [1.54, 1.807) is 12.1 Å². The molecule has 1 saturated heterocycles. The molecule has 0 bridgehead atoms. The second-order valence-corrected chi connectivity index (χ2v) is 7.34. The SMILES string of the molecule is Nc1nc2c(n1Cc1ccccc1)[C@@H]1C(=O)N(c3ccccc3)C(=O)[C@@H]1CC2. The number of amides is 2. The summed E-state index contributed by atoms with van der Waals surface area (Å²) in [5, 5.41) is 0. The Morgan fingerprint density at radius 1 is 0.964 bits per heavy atom. The smallest absolute Gasteiger partial charge is 0.243 e. The highest BCUT2D eigenvalue weighted by atomic mass is 16.2. The largest absolute Gasteiger partial charge is 0.369 e. The van der Waals surface area contributed by atoms with Gasteiger partial charge >= 0.3 is 0 Å². The number of para-hydroxylation sites is 1. The molecule has 1 aromatic heterocycles. The van der Waals surface area contributed by atoms with Crippen LogP contribution in [0.5, 0.6) is 0 Å². The highest BCUT2D eigenvalue weighted by molar-refractivity contribution is 6.24. The third kappa shape index (κ3) is 2.45. The molecule has 2 atom stereocenters. The summed E-state index contributed by atoms with van der Waals surface area (Å²) in [7, 11) is 0. The maximum absolute atomic E-state index is 13.4. The Kier molecular flexibility index (Phi) is 3.79. The van der Waals surface area contributed by atoms with Crippen LogP contribution >= 0.6 is 0 Å². The summed E-state index contributed by atoms with van der Waals surface area (Å²) < 4.78 is 1.90. The Balaban J connectivity index is 1.59. The zero-order chi connectivity index (χ0) is 19.3. The van der Waals surface area contributed by atoms with Crippen molar-refractivity contribution in [2.45, 2.75) is 25.3 Å². The highest BCUT2D eigenvalue weighted by Crippen LogP contribution is 2.45. The van der Waals surface area contributed by atoms with Gasteiger partial charge in [-0.3, -0.25) is 9.59 Å². The first-order chi connectivity index (χ1) is 13.6. The normalized spacial score (nSPS) is 20.9. The average molecular weight is 372 g/mol. The Hall–Kier alpha value is -3.41. The number of nitrogens with two attached hydrogens (primary N) is 1. The van der Waals surface area contributed by atoms with Crippen LogP contribution in [0.2, 0.25) is 0 Å². The topological polar surface area (TPSA) is 81.2 Å². The Labute approximate surface area is 162 Å². The van der Waals surface area contributed by atoms with E-state index >= 15 is 0 Å². The number of benzene rings is 2. The first-order valence-electron chi connectivity index (χ1n) is 9.46. The van der Waals surface area contributed by atoms with Crippen LogP contribution < -0.4 is 10.6 Å². The molecule has 0 saturated carbocycles. The van der Waals surface area contributed by atoms with Crippen LogP contribution in [-0.2, 0) is 22.6 Å². The van der Waals surface area contributed by atoms with Gasteiger partial charge in [0.05, 0.1) is 35.5 Å². The predicted octanol–water partition coefficient (Wildman–Crippen LogP) is 2.73. The number of fused-ring (bicyclic) bond motifs is 3. The minimum absolute atomic E-state index is 0.127. The molecular weight excluding hydrogens is 352 g/mol. The summed E-state index contributed by atoms with van der Waals surface area (Å²) in [5.41, 5.74) is 9.56. The van der Waals surface area contributed by atoms with Gasteiger partial charge in [-0.1, -0.05) is 48.5 Å². The molecule has 6 heteroatoms. The third-order valence-electron chi connectivity index (χ3n) is 5.72. The monoisotopic (exact) mass is 372 g/mol. The molecule has 2 amide bonds. The lowest BCUT2D eigenvalue weighted by Crippen LogP contribution is -2.30. The van der Waals surface area contributed by atoms with Gasteiger partial charge in [0, 0.05) is 0 Å². The fourth-order valence-electron chi connectivity index (χ4n) is 4.45. The maximum Gasteiger partial charge on any atom is 0.243 e.